The first-order valence-electron chi connectivity index (χ1n) is 9.17. The van der Waals surface area contributed by atoms with Crippen LogP contribution in [-0.4, -0.2) is 28.0 Å². The van der Waals surface area contributed by atoms with Crippen molar-refractivity contribution < 1.29 is 27.9 Å². The maximum absolute atomic E-state index is 13.4. The fraction of sp³-hybridized carbons (Fsp3) is 0.286. The Kier molecular flexibility index (Phi) is 4.27. The van der Waals surface area contributed by atoms with E-state index in [1.54, 1.807) is 6.92 Å². The van der Waals surface area contributed by atoms with Crippen molar-refractivity contribution in [2.24, 2.45) is 0 Å². The monoisotopic (exact) mass is 415 g/mol. The third-order valence-corrected chi connectivity index (χ3v) is 5.53. The summed E-state index contributed by atoms with van der Waals surface area (Å²) in [7, 11) is 0. The third-order valence-electron chi connectivity index (χ3n) is 5.53. The summed E-state index contributed by atoms with van der Waals surface area (Å²) in [6.45, 7) is 1.55. The van der Waals surface area contributed by atoms with Crippen LogP contribution < -0.4 is 4.90 Å². The fourth-order valence-corrected chi connectivity index (χ4v) is 3.84. The van der Waals surface area contributed by atoms with Crippen molar-refractivity contribution >= 4 is 17.6 Å². The number of hydrogen-bond acceptors (Lipinski definition) is 4. The van der Waals surface area contributed by atoms with Crippen molar-refractivity contribution in [1.82, 2.24) is 4.90 Å². The normalized spacial score (nSPS) is 21.8. The van der Waals surface area contributed by atoms with Gasteiger partial charge in [0.1, 0.15) is 11.3 Å². The van der Waals surface area contributed by atoms with Gasteiger partial charge in [-0.3, -0.25) is 4.79 Å². The maximum Gasteiger partial charge on any atom is 0.417 e. The molecule has 1 unspecified atom stereocenters. The van der Waals surface area contributed by atoms with E-state index in [2.05, 4.69) is 0 Å². The number of amides is 3. The maximum atomic E-state index is 13.4. The molecule has 2 aromatic rings. The number of halogens is 3. The first kappa shape index (κ1) is 19.8. The van der Waals surface area contributed by atoms with E-state index in [4.69, 9.17) is 5.26 Å². The Hall–Kier alpha value is -3.54. The Morgan fingerprint density at radius 1 is 1.13 bits per heavy atom. The molecule has 30 heavy (non-hydrogen) atoms. The van der Waals surface area contributed by atoms with Crippen LogP contribution in [0.25, 0.3) is 0 Å². The lowest BCUT2D eigenvalue weighted by Crippen LogP contribution is -2.45. The quantitative estimate of drug-likeness (QED) is 0.764. The summed E-state index contributed by atoms with van der Waals surface area (Å²) in [5, 5.41) is 18.6. The van der Waals surface area contributed by atoms with Crippen LogP contribution in [0.3, 0.4) is 0 Å². The minimum Gasteiger partial charge on any atom is -0.508 e. The largest absolute Gasteiger partial charge is 0.508 e. The summed E-state index contributed by atoms with van der Waals surface area (Å²) < 4.78 is 40.2. The first-order valence-corrected chi connectivity index (χ1v) is 9.17. The molecule has 2 fully saturated rings. The molecule has 0 spiro atoms. The fourth-order valence-electron chi connectivity index (χ4n) is 3.84. The average Bonchev–Trinajstić information content (AvgIpc) is 3.49. The van der Waals surface area contributed by atoms with Gasteiger partial charge in [0, 0.05) is 6.04 Å². The highest BCUT2D eigenvalue weighted by Gasteiger charge is 2.60. The summed E-state index contributed by atoms with van der Waals surface area (Å²) in [4.78, 5) is 28.8. The summed E-state index contributed by atoms with van der Waals surface area (Å²) in [5.74, 6) is -0.709. The molecule has 4 rings (SSSR count). The van der Waals surface area contributed by atoms with E-state index in [-0.39, 0.29) is 17.5 Å². The van der Waals surface area contributed by atoms with Crippen LogP contribution >= 0.6 is 0 Å². The van der Waals surface area contributed by atoms with Gasteiger partial charge in [0.2, 0.25) is 0 Å². The van der Waals surface area contributed by atoms with Crippen molar-refractivity contribution in [1.29, 1.82) is 5.26 Å². The molecular weight excluding hydrogens is 399 g/mol. The van der Waals surface area contributed by atoms with Gasteiger partial charge in [-0.25, -0.2) is 9.69 Å². The number of nitriles is 1. The zero-order chi connectivity index (χ0) is 21.8. The Morgan fingerprint density at radius 3 is 2.30 bits per heavy atom. The predicted octanol–water partition coefficient (Wildman–Crippen LogP) is 4.13. The molecule has 1 saturated heterocycles. The molecule has 0 aromatic heterocycles. The van der Waals surface area contributed by atoms with Gasteiger partial charge in [-0.1, -0.05) is 12.1 Å². The van der Waals surface area contributed by atoms with E-state index in [0.717, 1.165) is 17.0 Å². The lowest BCUT2D eigenvalue weighted by Gasteiger charge is -2.32. The average molecular weight is 415 g/mol. The number of imide groups is 1. The van der Waals surface area contributed by atoms with E-state index >= 15 is 0 Å². The molecule has 0 radical (unpaired) electrons. The third kappa shape index (κ3) is 2.87. The molecule has 1 N–H and O–H groups in total. The summed E-state index contributed by atoms with van der Waals surface area (Å²) in [5.41, 5.74) is -3.04. The number of phenolic OH excluding ortho intramolecular Hbond substituents is 1. The summed E-state index contributed by atoms with van der Waals surface area (Å²) in [6, 6.07) is 9.14. The Labute approximate surface area is 169 Å². The highest BCUT2D eigenvalue weighted by molar-refractivity contribution is 6.23. The molecule has 1 heterocycles. The van der Waals surface area contributed by atoms with Crippen LogP contribution in [0.15, 0.2) is 42.5 Å². The lowest BCUT2D eigenvalue weighted by atomic mass is 9.90. The number of phenols is 1. The SMILES string of the molecule is CC1(c2ccc(O)cc2)C(=O)N(c2ccc(C#N)c(C(F)(F)F)c2)C(=O)N1C1CC1. The number of benzene rings is 2. The molecule has 2 aliphatic rings. The molecule has 3 amide bonds. The van der Waals surface area contributed by atoms with Crippen molar-refractivity contribution in [3.63, 3.8) is 0 Å². The van der Waals surface area contributed by atoms with Gasteiger partial charge in [-0.15, -0.1) is 0 Å². The van der Waals surface area contributed by atoms with Crippen molar-refractivity contribution in [2.45, 2.75) is 37.5 Å². The molecule has 1 atom stereocenters. The molecule has 1 saturated carbocycles. The number of hydrogen-bond donors (Lipinski definition) is 1. The minimum atomic E-state index is -4.82. The van der Waals surface area contributed by atoms with E-state index in [1.807, 2.05) is 0 Å². The van der Waals surface area contributed by atoms with Crippen molar-refractivity contribution in [3.8, 4) is 11.8 Å². The number of aromatic hydroxyl groups is 1. The number of anilines is 1. The smallest absolute Gasteiger partial charge is 0.417 e. The van der Waals surface area contributed by atoms with E-state index in [0.29, 0.717) is 24.5 Å². The molecule has 9 heteroatoms. The van der Waals surface area contributed by atoms with Crippen molar-refractivity contribution in [3.05, 3.63) is 59.2 Å². The van der Waals surface area contributed by atoms with Crippen LogP contribution in [0.5, 0.6) is 5.75 Å². The van der Waals surface area contributed by atoms with E-state index in [9.17, 15) is 27.9 Å². The van der Waals surface area contributed by atoms with Gasteiger partial charge in [-0.05, 0) is 55.7 Å². The second kappa shape index (κ2) is 6.49. The Bertz CT molecular complexity index is 1090. The van der Waals surface area contributed by atoms with Crippen LogP contribution in [0, 0.1) is 11.3 Å². The molecule has 0 bridgehead atoms. The van der Waals surface area contributed by atoms with Crippen LogP contribution in [0.1, 0.15) is 36.5 Å². The molecule has 154 valence electrons. The van der Waals surface area contributed by atoms with Crippen LogP contribution in [0.2, 0.25) is 0 Å². The minimum absolute atomic E-state index is 0.0177. The number of carbonyl (C=O) groups excluding carboxylic acids is 2. The number of urea groups is 1. The van der Waals surface area contributed by atoms with Gasteiger partial charge < -0.3 is 10.0 Å². The molecule has 2 aromatic carbocycles. The topological polar surface area (TPSA) is 84.6 Å². The highest BCUT2D eigenvalue weighted by atomic mass is 19.4. The van der Waals surface area contributed by atoms with Crippen molar-refractivity contribution in [2.75, 3.05) is 4.90 Å². The van der Waals surface area contributed by atoms with Gasteiger partial charge in [0.15, 0.2) is 0 Å². The number of rotatable bonds is 3. The Morgan fingerprint density at radius 2 is 1.77 bits per heavy atom. The molecule has 1 aliphatic heterocycles. The van der Waals surface area contributed by atoms with Gasteiger partial charge >= 0.3 is 12.2 Å². The zero-order valence-corrected chi connectivity index (χ0v) is 15.8. The zero-order valence-electron chi connectivity index (χ0n) is 15.8. The van der Waals surface area contributed by atoms with Gasteiger partial charge in [-0.2, -0.15) is 18.4 Å². The number of alkyl halides is 3. The van der Waals surface area contributed by atoms with Gasteiger partial charge in [0.25, 0.3) is 5.91 Å². The summed E-state index contributed by atoms with van der Waals surface area (Å²) in [6.07, 6.45) is -3.45. The standard InChI is InChI=1S/C21H16F3N3O3/c1-20(13-3-8-16(28)9-4-13)18(29)26(19(30)27(20)14-6-7-14)15-5-2-12(11-25)17(10-15)21(22,23)24/h2-5,8-10,14,28H,6-7H2,1H3. The molecule has 1 aliphatic carbocycles. The number of carbonyl (C=O) groups is 2. The van der Waals surface area contributed by atoms with Gasteiger partial charge in [0.05, 0.1) is 22.9 Å². The second-order valence-corrected chi connectivity index (χ2v) is 7.48. The molecular formula is C21H16F3N3O3. The summed E-state index contributed by atoms with van der Waals surface area (Å²) >= 11 is 0. The predicted molar refractivity (Wildman–Crippen MR) is 99.4 cm³/mol. The van der Waals surface area contributed by atoms with E-state index < -0.39 is 34.8 Å². The lowest BCUT2D eigenvalue weighted by molar-refractivity contribution is -0.137. The van der Waals surface area contributed by atoms with Crippen LogP contribution in [-0.2, 0) is 16.5 Å². The first-order chi connectivity index (χ1) is 14.1. The highest BCUT2D eigenvalue weighted by Crippen LogP contribution is 2.46. The molecule has 6 nitrogen and oxygen atoms in total. The van der Waals surface area contributed by atoms with Crippen LogP contribution in [0.4, 0.5) is 23.7 Å². The second-order valence-electron chi connectivity index (χ2n) is 7.48. The van der Waals surface area contributed by atoms with E-state index in [1.165, 1.54) is 35.2 Å². The number of nitrogens with zero attached hydrogens (tertiary/aromatic N) is 3. The Balaban J connectivity index is 1.85.